The van der Waals surface area contributed by atoms with Gasteiger partial charge in [0, 0.05) is 58.9 Å². The second kappa shape index (κ2) is 8.95. The summed E-state index contributed by atoms with van der Waals surface area (Å²) in [6.07, 6.45) is -0.794. The number of urea groups is 1. The average molecular weight is 411 g/mol. The molecule has 0 bridgehead atoms. The van der Waals surface area contributed by atoms with Crippen LogP contribution in [-0.2, 0) is 9.59 Å². The van der Waals surface area contributed by atoms with Gasteiger partial charge in [0.1, 0.15) is 5.54 Å². The zero-order valence-corrected chi connectivity index (χ0v) is 17.8. The molecule has 3 rings (SSSR count). The average Bonchev–Trinajstić information content (AvgIpc) is 2.85. The molecule has 3 aliphatic heterocycles. The summed E-state index contributed by atoms with van der Waals surface area (Å²) in [4.78, 5) is 46.2. The van der Waals surface area contributed by atoms with Crippen LogP contribution in [0.5, 0.6) is 0 Å². The number of aliphatic hydroxyl groups excluding tert-OH is 1. The van der Waals surface area contributed by atoms with E-state index in [1.165, 1.54) is 0 Å². The van der Waals surface area contributed by atoms with Gasteiger partial charge in [0.05, 0.1) is 19.2 Å². The summed E-state index contributed by atoms with van der Waals surface area (Å²) < 4.78 is 0. The predicted octanol–water partition coefficient (Wildman–Crippen LogP) is -1.93. The third-order valence-corrected chi connectivity index (χ3v) is 5.99. The lowest BCUT2D eigenvalue weighted by molar-refractivity contribution is -0.134. The molecule has 0 aromatic heterocycles. The molecule has 164 valence electrons. The Morgan fingerprint density at radius 2 is 1.59 bits per heavy atom. The zero-order valence-electron chi connectivity index (χ0n) is 17.8. The second-order valence-electron chi connectivity index (χ2n) is 8.89. The van der Waals surface area contributed by atoms with Crippen molar-refractivity contribution < 1.29 is 19.5 Å². The third kappa shape index (κ3) is 5.44. The van der Waals surface area contributed by atoms with Crippen molar-refractivity contribution in [2.24, 2.45) is 0 Å². The highest BCUT2D eigenvalue weighted by Crippen LogP contribution is 2.17. The van der Waals surface area contributed by atoms with Crippen molar-refractivity contribution >= 4 is 17.8 Å². The first-order valence-corrected chi connectivity index (χ1v) is 10.4. The van der Waals surface area contributed by atoms with Gasteiger partial charge in [-0.3, -0.25) is 24.3 Å². The Hall–Kier alpha value is -1.75. The number of hydrogen-bond donors (Lipinski definition) is 2. The molecule has 3 fully saturated rings. The number of nitrogens with one attached hydrogen (secondary N) is 1. The monoisotopic (exact) mass is 410 g/mol. The van der Waals surface area contributed by atoms with Gasteiger partial charge < -0.3 is 20.2 Å². The summed E-state index contributed by atoms with van der Waals surface area (Å²) in [6, 6.07) is -0.453. The Balaban J connectivity index is 1.38. The number of piperazine rings is 2. The Kier molecular flexibility index (Phi) is 6.77. The van der Waals surface area contributed by atoms with Crippen molar-refractivity contribution in [2.75, 3.05) is 79.0 Å². The number of carbonyl (C=O) groups excluding carboxylic acids is 3. The van der Waals surface area contributed by atoms with Crippen molar-refractivity contribution in [3.8, 4) is 0 Å². The molecule has 0 aliphatic carbocycles. The van der Waals surface area contributed by atoms with Gasteiger partial charge in [0.25, 0.3) is 5.91 Å². The van der Waals surface area contributed by atoms with Crippen LogP contribution in [0.25, 0.3) is 0 Å². The molecule has 10 heteroatoms. The summed E-state index contributed by atoms with van der Waals surface area (Å²) in [5.74, 6) is -0.124. The Labute approximate surface area is 172 Å². The number of carbonyl (C=O) groups is 3. The Morgan fingerprint density at radius 1 is 1.00 bits per heavy atom. The highest BCUT2D eigenvalue weighted by atomic mass is 16.3. The summed E-state index contributed by atoms with van der Waals surface area (Å²) >= 11 is 0. The van der Waals surface area contributed by atoms with Gasteiger partial charge in [-0.05, 0) is 20.9 Å². The first-order valence-electron chi connectivity index (χ1n) is 10.4. The molecule has 1 atom stereocenters. The fourth-order valence-corrected chi connectivity index (χ4v) is 4.03. The molecule has 0 radical (unpaired) electrons. The van der Waals surface area contributed by atoms with Crippen molar-refractivity contribution in [2.45, 2.75) is 25.5 Å². The van der Waals surface area contributed by atoms with E-state index in [2.05, 4.69) is 27.1 Å². The Morgan fingerprint density at radius 3 is 2.14 bits per heavy atom. The van der Waals surface area contributed by atoms with E-state index in [4.69, 9.17) is 0 Å². The largest absolute Gasteiger partial charge is 0.390 e. The quantitative estimate of drug-likeness (QED) is 0.492. The normalized spacial score (nSPS) is 25.4. The molecular formula is C19H34N6O4. The van der Waals surface area contributed by atoms with E-state index in [1.807, 2.05) is 4.90 Å². The molecule has 3 heterocycles. The maximum atomic E-state index is 12.5. The van der Waals surface area contributed by atoms with Crippen LogP contribution >= 0.6 is 0 Å². The van der Waals surface area contributed by atoms with Crippen LogP contribution in [0.4, 0.5) is 4.79 Å². The molecule has 10 nitrogen and oxygen atoms in total. The summed E-state index contributed by atoms with van der Waals surface area (Å²) in [7, 11) is 2.07. The maximum Gasteiger partial charge on any atom is 0.325 e. The second-order valence-corrected chi connectivity index (χ2v) is 8.89. The molecule has 3 aliphatic rings. The van der Waals surface area contributed by atoms with Crippen LogP contribution in [0.15, 0.2) is 0 Å². The third-order valence-electron chi connectivity index (χ3n) is 5.99. The molecule has 0 spiro atoms. The van der Waals surface area contributed by atoms with Crippen molar-refractivity contribution in [1.82, 2.24) is 29.8 Å². The molecule has 4 amide bonds. The highest BCUT2D eigenvalue weighted by Gasteiger charge is 2.44. The van der Waals surface area contributed by atoms with E-state index in [1.54, 1.807) is 13.8 Å². The molecule has 0 unspecified atom stereocenters. The molecular weight excluding hydrogens is 376 g/mol. The summed E-state index contributed by atoms with van der Waals surface area (Å²) in [6.45, 7) is 10.6. The van der Waals surface area contributed by atoms with Gasteiger partial charge in [-0.1, -0.05) is 0 Å². The topological polar surface area (TPSA) is 99.7 Å². The number of likely N-dealkylation sites (N-methyl/N-ethyl adjacent to an activating group) is 1. The van der Waals surface area contributed by atoms with Crippen LogP contribution in [-0.4, -0.2) is 138 Å². The number of nitrogens with zero attached hydrogens (tertiary/aromatic N) is 5. The van der Waals surface area contributed by atoms with Gasteiger partial charge in [-0.2, -0.15) is 0 Å². The fraction of sp³-hybridized carbons (Fsp3) is 0.842. The molecule has 2 N–H and O–H groups in total. The van der Waals surface area contributed by atoms with Gasteiger partial charge >= 0.3 is 6.03 Å². The molecule has 0 aromatic rings. The number of aliphatic hydroxyl groups is 1. The van der Waals surface area contributed by atoms with Crippen molar-refractivity contribution in [3.05, 3.63) is 0 Å². The standard InChI is InChI=1S/C19H34N6O4/c1-19(2)17(28)25(18(29)20-19)13-15(26)12-22-6-8-23(9-7-22)14-16(27)24-10-4-21(3)5-11-24/h15,26H,4-14H2,1-3H3,(H,20,29)/t15-/m1/s1. The fourth-order valence-electron chi connectivity index (χ4n) is 4.03. The zero-order chi connectivity index (χ0) is 21.2. The Bertz CT molecular complexity index is 626. The highest BCUT2D eigenvalue weighted by molar-refractivity contribution is 6.06. The number of imide groups is 1. The van der Waals surface area contributed by atoms with E-state index in [0.29, 0.717) is 13.1 Å². The number of rotatable bonds is 6. The number of β-amino-alcohol motifs (C(OH)–C–C–N with tert-alkyl or cyclic N) is 1. The van der Waals surface area contributed by atoms with Crippen LogP contribution in [0.3, 0.4) is 0 Å². The van der Waals surface area contributed by atoms with E-state index in [0.717, 1.165) is 57.3 Å². The van der Waals surface area contributed by atoms with Gasteiger partial charge in [-0.15, -0.1) is 0 Å². The van der Waals surface area contributed by atoms with E-state index < -0.39 is 17.7 Å². The molecule has 29 heavy (non-hydrogen) atoms. The molecule has 0 saturated carbocycles. The lowest BCUT2D eigenvalue weighted by atomic mass is 10.1. The minimum Gasteiger partial charge on any atom is -0.390 e. The lowest BCUT2D eigenvalue weighted by Crippen LogP contribution is -2.54. The van der Waals surface area contributed by atoms with Gasteiger partial charge in [0.2, 0.25) is 5.91 Å². The SMILES string of the molecule is CN1CCN(C(=O)CN2CCN(C[C@@H](O)CN3C(=O)NC(C)(C)C3=O)CC2)CC1. The number of amides is 4. The van der Waals surface area contributed by atoms with E-state index in [9.17, 15) is 19.5 Å². The molecule has 3 saturated heterocycles. The minimum atomic E-state index is -0.918. The van der Waals surface area contributed by atoms with Gasteiger partial charge in [-0.25, -0.2) is 4.79 Å². The van der Waals surface area contributed by atoms with Gasteiger partial charge in [0.15, 0.2) is 0 Å². The van der Waals surface area contributed by atoms with Crippen LogP contribution in [0, 0.1) is 0 Å². The van der Waals surface area contributed by atoms with Crippen LogP contribution in [0.1, 0.15) is 13.8 Å². The van der Waals surface area contributed by atoms with E-state index >= 15 is 0 Å². The number of hydrogen-bond acceptors (Lipinski definition) is 7. The van der Waals surface area contributed by atoms with Crippen molar-refractivity contribution in [3.63, 3.8) is 0 Å². The first-order chi connectivity index (χ1) is 13.7. The van der Waals surface area contributed by atoms with E-state index in [-0.39, 0.29) is 18.4 Å². The lowest BCUT2D eigenvalue weighted by Gasteiger charge is -2.37. The molecule has 0 aromatic carbocycles. The summed E-state index contributed by atoms with van der Waals surface area (Å²) in [5.41, 5.74) is -0.918. The maximum absolute atomic E-state index is 12.5. The minimum absolute atomic E-state index is 0.00377. The van der Waals surface area contributed by atoms with Crippen LogP contribution in [0.2, 0.25) is 0 Å². The van der Waals surface area contributed by atoms with Crippen molar-refractivity contribution in [1.29, 1.82) is 0 Å². The smallest absolute Gasteiger partial charge is 0.325 e. The first kappa shape index (κ1) is 21.9. The predicted molar refractivity (Wildman–Crippen MR) is 107 cm³/mol. The van der Waals surface area contributed by atoms with Crippen LogP contribution < -0.4 is 5.32 Å². The summed E-state index contributed by atoms with van der Waals surface area (Å²) in [5, 5.41) is 13.0.